The van der Waals surface area contributed by atoms with Gasteiger partial charge in [-0.25, -0.2) is 0 Å². The molecule has 31 heavy (non-hydrogen) atoms. The molecule has 0 spiro atoms. The average Bonchev–Trinajstić information content (AvgIpc) is 2.76. The van der Waals surface area contributed by atoms with E-state index in [0.29, 0.717) is 0 Å². The molecule has 0 heterocycles. The first-order valence-electron chi connectivity index (χ1n) is 15.1. The highest BCUT2D eigenvalue weighted by molar-refractivity contribution is 4.60. The largest absolute Gasteiger partial charge is 0.0654 e. The van der Waals surface area contributed by atoms with Crippen LogP contribution < -0.4 is 0 Å². The quantitative estimate of drug-likeness (QED) is 0.125. The highest BCUT2D eigenvalue weighted by Gasteiger charge is 2.07. The van der Waals surface area contributed by atoms with Crippen molar-refractivity contribution in [3.63, 3.8) is 0 Å². The first-order valence-corrected chi connectivity index (χ1v) is 15.1. The predicted octanol–water partition coefficient (Wildman–Crippen LogP) is 11.9. The van der Waals surface area contributed by atoms with Crippen molar-refractivity contribution in [2.45, 2.75) is 182 Å². The molecule has 0 aliphatic heterocycles. The Morgan fingerprint density at radius 2 is 0.613 bits per heavy atom. The monoisotopic (exact) mass is 437 g/mol. The molecule has 188 valence electrons. The molecule has 0 heteroatoms. The minimum atomic E-state index is 0.933. The second-order valence-electron chi connectivity index (χ2n) is 11.3. The van der Waals surface area contributed by atoms with Crippen LogP contribution in [0.5, 0.6) is 0 Å². The van der Waals surface area contributed by atoms with E-state index in [1.54, 1.807) is 0 Å². The molecule has 0 aromatic carbocycles. The van der Waals surface area contributed by atoms with Gasteiger partial charge in [-0.3, -0.25) is 0 Å². The van der Waals surface area contributed by atoms with Gasteiger partial charge in [0.2, 0.25) is 0 Å². The molecule has 0 aliphatic carbocycles. The van der Waals surface area contributed by atoms with E-state index in [0.717, 1.165) is 17.8 Å². The normalized spacial score (nSPS) is 14.6. The molecule has 0 rings (SSSR count). The molecule has 0 fully saturated rings. The maximum atomic E-state index is 2.50. The molecule has 0 nitrogen and oxygen atoms in total. The topological polar surface area (TPSA) is 0 Å². The Kier molecular flexibility index (Phi) is 24.6. The van der Waals surface area contributed by atoms with Crippen molar-refractivity contribution in [3.05, 3.63) is 0 Å². The van der Waals surface area contributed by atoms with E-state index in [9.17, 15) is 0 Å². The van der Waals surface area contributed by atoms with E-state index in [4.69, 9.17) is 0 Å². The molecule has 0 N–H and O–H groups in total. The van der Waals surface area contributed by atoms with Gasteiger partial charge in [-0.05, 0) is 17.8 Å². The van der Waals surface area contributed by atoms with E-state index < -0.39 is 0 Å². The minimum Gasteiger partial charge on any atom is -0.0654 e. The van der Waals surface area contributed by atoms with Gasteiger partial charge in [0.05, 0.1) is 0 Å². The summed E-state index contributed by atoms with van der Waals surface area (Å²) < 4.78 is 0. The minimum absolute atomic E-state index is 0.933. The van der Waals surface area contributed by atoms with E-state index in [1.807, 2.05) is 0 Å². The lowest BCUT2D eigenvalue weighted by Crippen LogP contribution is -2.00. The Bertz CT molecular complexity index is 320. The molecule has 0 amide bonds. The number of unbranched alkanes of at least 4 members (excludes halogenated alkanes) is 14. The third-order valence-corrected chi connectivity index (χ3v) is 7.79. The zero-order valence-electron chi connectivity index (χ0n) is 23.0. The zero-order valence-corrected chi connectivity index (χ0v) is 23.0. The van der Waals surface area contributed by atoms with Crippen molar-refractivity contribution in [1.29, 1.82) is 0 Å². The molecule has 3 unspecified atom stereocenters. The van der Waals surface area contributed by atoms with Crippen LogP contribution in [0.4, 0.5) is 0 Å². The van der Waals surface area contributed by atoms with E-state index >= 15 is 0 Å². The van der Waals surface area contributed by atoms with Crippen molar-refractivity contribution in [1.82, 2.24) is 0 Å². The number of rotatable bonds is 25. The van der Waals surface area contributed by atoms with Crippen molar-refractivity contribution in [2.75, 3.05) is 0 Å². The first kappa shape index (κ1) is 31.0. The standard InChI is InChI=1S/C31H64/c1-6-8-9-10-11-12-13-14-15-16-17-18-19-20-21-24-30(4)27-23-28-31(5)26-22-25-29(3)7-2/h29-31H,6-28H2,1-5H3. The number of hydrogen-bond donors (Lipinski definition) is 0. The molecule has 3 atom stereocenters. The van der Waals surface area contributed by atoms with Crippen molar-refractivity contribution in [2.24, 2.45) is 17.8 Å². The third-order valence-electron chi connectivity index (χ3n) is 7.79. The van der Waals surface area contributed by atoms with Gasteiger partial charge >= 0.3 is 0 Å². The van der Waals surface area contributed by atoms with Gasteiger partial charge in [0.1, 0.15) is 0 Å². The summed E-state index contributed by atoms with van der Waals surface area (Å²) in [5, 5.41) is 0. The summed E-state index contributed by atoms with van der Waals surface area (Å²) >= 11 is 0. The van der Waals surface area contributed by atoms with Gasteiger partial charge in [0, 0.05) is 0 Å². The molecular weight excluding hydrogens is 372 g/mol. The van der Waals surface area contributed by atoms with Gasteiger partial charge in [-0.2, -0.15) is 0 Å². The fourth-order valence-corrected chi connectivity index (χ4v) is 4.99. The van der Waals surface area contributed by atoms with Crippen molar-refractivity contribution >= 4 is 0 Å². The smallest absolute Gasteiger partial charge is 0.0443 e. The van der Waals surface area contributed by atoms with E-state index in [1.165, 1.54) is 148 Å². The first-order chi connectivity index (χ1) is 15.1. The second-order valence-corrected chi connectivity index (χ2v) is 11.3. The Labute approximate surface area is 200 Å². The fraction of sp³-hybridized carbons (Fsp3) is 1.00. The second kappa shape index (κ2) is 24.6. The summed E-state index contributed by atoms with van der Waals surface area (Å²) in [7, 11) is 0. The summed E-state index contributed by atoms with van der Waals surface area (Å²) in [6.45, 7) is 12.0. The van der Waals surface area contributed by atoms with Crippen LogP contribution in [0.1, 0.15) is 182 Å². The summed E-state index contributed by atoms with van der Waals surface area (Å²) in [5.74, 6) is 2.83. The zero-order chi connectivity index (χ0) is 23.0. The molecular formula is C31H64. The van der Waals surface area contributed by atoms with Crippen LogP contribution in [-0.2, 0) is 0 Å². The van der Waals surface area contributed by atoms with Crippen LogP contribution >= 0.6 is 0 Å². The summed E-state index contributed by atoms with van der Waals surface area (Å²) in [4.78, 5) is 0. The summed E-state index contributed by atoms with van der Waals surface area (Å²) in [6.07, 6.45) is 33.6. The van der Waals surface area contributed by atoms with Gasteiger partial charge in [0.25, 0.3) is 0 Å². The highest BCUT2D eigenvalue weighted by atomic mass is 14.1. The Morgan fingerprint density at radius 3 is 0.968 bits per heavy atom. The maximum absolute atomic E-state index is 2.50. The molecule has 0 saturated carbocycles. The molecule has 0 radical (unpaired) electrons. The van der Waals surface area contributed by atoms with Gasteiger partial charge in [-0.15, -0.1) is 0 Å². The SMILES string of the molecule is CCCCCCCCCCCCCCCCCC(C)CCCC(C)CCCC(C)CC. The van der Waals surface area contributed by atoms with Crippen LogP contribution in [0.3, 0.4) is 0 Å². The van der Waals surface area contributed by atoms with Crippen LogP contribution in [0, 0.1) is 17.8 Å². The lowest BCUT2D eigenvalue weighted by atomic mass is 9.91. The molecule has 0 aromatic heterocycles. The lowest BCUT2D eigenvalue weighted by molar-refractivity contribution is 0.380. The third kappa shape index (κ3) is 24.5. The van der Waals surface area contributed by atoms with E-state index in [2.05, 4.69) is 34.6 Å². The fourth-order valence-electron chi connectivity index (χ4n) is 4.99. The predicted molar refractivity (Wildman–Crippen MR) is 145 cm³/mol. The Balaban J connectivity index is 3.26. The maximum Gasteiger partial charge on any atom is -0.0443 e. The Hall–Kier alpha value is 0. The van der Waals surface area contributed by atoms with Crippen LogP contribution in [-0.4, -0.2) is 0 Å². The summed E-state index contributed by atoms with van der Waals surface area (Å²) in [6, 6.07) is 0. The highest BCUT2D eigenvalue weighted by Crippen LogP contribution is 2.22. The van der Waals surface area contributed by atoms with E-state index in [-0.39, 0.29) is 0 Å². The molecule has 0 aliphatic rings. The van der Waals surface area contributed by atoms with Gasteiger partial charge in [-0.1, -0.05) is 182 Å². The molecule has 0 saturated heterocycles. The molecule has 0 aromatic rings. The van der Waals surface area contributed by atoms with Crippen molar-refractivity contribution < 1.29 is 0 Å². The van der Waals surface area contributed by atoms with Crippen LogP contribution in [0.25, 0.3) is 0 Å². The van der Waals surface area contributed by atoms with Gasteiger partial charge in [0.15, 0.2) is 0 Å². The lowest BCUT2D eigenvalue weighted by Gasteiger charge is -2.15. The molecule has 0 bridgehead atoms. The van der Waals surface area contributed by atoms with Crippen molar-refractivity contribution in [3.8, 4) is 0 Å². The van der Waals surface area contributed by atoms with Crippen LogP contribution in [0.2, 0.25) is 0 Å². The van der Waals surface area contributed by atoms with Crippen LogP contribution in [0.15, 0.2) is 0 Å². The average molecular weight is 437 g/mol. The summed E-state index contributed by atoms with van der Waals surface area (Å²) in [5.41, 5.74) is 0. The van der Waals surface area contributed by atoms with Gasteiger partial charge < -0.3 is 0 Å². The Morgan fingerprint density at radius 1 is 0.323 bits per heavy atom. The number of hydrogen-bond acceptors (Lipinski definition) is 0.